The van der Waals surface area contributed by atoms with Crippen LogP contribution < -0.4 is 0 Å². The van der Waals surface area contributed by atoms with Crippen molar-refractivity contribution in [2.45, 2.75) is 47.0 Å². The van der Waals surface area contributed by atoms with Crippen molar-refractivity contribution < 1.29 is 0 Å². The molecule has 0 aliphatic heterocycles. The molecule has 2 aliphatic rings. The van der Waals surface area contributed by atoms with Gasteiger partial charge in [-0.1, -0.05) is 34.1 Å². The minimum Gasteiger partial charge on any atom is -0.0654 e. The minimum absolute atomic E-state index is 0.834. The molecule has 0 saturated heterocycles. The van der Waals surface area contributed by atoms with Gasteiger partial charge in [-0.05, 0) is 41.9 Å². The van der Waals surface area contributed by atoms with Crippen LogP contribution in [0.1, 0.15) is 47.0 Å². The zero-order valence-corrected chi connectivity index (χ0v) is 8.93. The van der Waals surface area contributed by atoms with Crippen LogP contribution in [-0.4, -0.2) is 0 Å². The van der Waals surface area contributed by atoms with Crippen LogP contribution in [0.25, 0.3) is 0 Å². The van der Waals surface area contributed by atoms with Crippen LogP contribution in [0.3, 0.4) is 0 Å². The van der Waals surface area contributed by atoms with E-state index < -0.39 is 0 Å². The normalized spacial score (nSPS) is 49.2. The maximum atomic E-state index is 2.52. The number of hydrogen-bond donors (Lipinski definition) is 0. The average molecular weight is 166 g/mol. The van der Waals surface area contributed by atoms with Crippen molar-refractivity contribution in [1.82, 2.24) is 0 Å². The van der Waals surface area contributed by atoms with Crippen molar-refractivity contribution in [3.05, 3.63) is 0 Å². The lowest BCUT2D eigenvalue weighted by Gasteiger charge is -2.17. The molecule has 0 spiro atoms. The van der Waals surface area contributed by atoms with Gasteiger partial charge in [0.25, 0.3) is 0 Å². The molecule has 2 saturated carbocycles. The second kappa shape index (κ2) is 2.49. The summed E-state index contributed by atoms with van der Waals surface area (Å²) in [7, 11) is 0. The van der Waals surface area contributed by atoms with E-state index in [0.29, 0.717) is 0 Å². The van der Waals surface area contributed by atoms with Gasteiger partial charge in [0, 0.05) is 0 Å². The van der Waals surface area contributed by atoms with Crippen LogP contribution in [0.4, 0.5) is 0 Å². The van der Waals surface area contributed by atoms with Crippen LogP contribution in [0.5, 0.6) is 0 Å². The second-order valence-corrected chi connectivity index (χ2v) is 5.52. The van der Waals surface area contributed by atoms with Crippen molar-refractivity contribution in [2.24, 2.45) is 29.1 Å². The predicted molar refractivity (Wildman–Crippen MR) is 52.9 cm³/mol. The Morgan fingerprint density at radius 2 is 1.83 bits per heavy atom. The first-order valence-corrected chi connectivity index (χ1v) is 5.62. The van der Waals surface area contributed by atoms with E-state index >= 15 is 0 Å². The third kappa shape index (κ3) is 0.963. The van der Waals surface area contributed by atoms with E-state index in [-0.39, 0.29) is 0 Å². The zero-order chi connectivity index (χ0) is 8.93. The van der Waals surface area contributed by atoms with Gasteiger partial charge in [-0.3, -0.25) is 0 Å². The average Bonchev–Trinajstić information content (AvgIpc) is 2.75. The van der Waals surface area contributed by atoms with Crippen LogP contribution >= 0.6 is 0 Å². The Bertz CT molecular complexity index is 182. The van der Waals surface area contributed by atoms with Gasteiger partial charge in [-0.2, -0.15) is 0 Å². The molecular formula is C12H22. The van der Waals surface area contributed by atoms with Gasteiger partial charge in [-0.25, -0.2) is 0 Å². The predicted octanol–water partition coefficient (Wildman–Crippen LogP) is 3.71. The van der Waals surface area contributed by atoms with Gasteiger partial charge in [0.15, 0.2) is 0 Å². The first kappa shape index (κ1) is 8.59. The van der Waals surface area contributed by atoms with Crippen LogP contribution in [0, 0.1) is 29.1 Å². The largest absolute Gasteiger partial charge is 0.0654 e. The minimum atomic E-state index is 0.834. The molecule has 0 aromatic carbocycles. The van der Waals surface area contributed by atoms with Gasteiger partial charge in [0.2, 0.25) is 0 Å². The molecule has 0 aromatic heterocycles. The third-order valence-electron chi connectivity index (χ3n) is 4.29. The Morgan fingerprint density at radius 1 is 1.25 bits per heavy atom. The number of rotatable bonds is 4. The van der Waals surface area contributed by atoms with Gasteiger partial charge < -0.3 is 0 Å². The lowest BCUT2D eigenvalue weighted by atomic mass is 9.88. The highest BCUT2D eigenvalue weighted by Gasteiger charge is 2.81. The zero-order valence-electron chi connectivity index (χ0n) is 8.93. The monoisotopic (exact) mass is 166 g/mol. The molecule has 2 fully saturated rings. The highest BCUT2D eigenvalue weighted by molar-refractivity contribution is 5.28. The Morgan fingerprint density at radius 3 is 2.25 bits per heavy atom. The topological polar surface area (TPSA) is 0 Å². The van der Waals surface area contributed by atoms with Gasteiger partial charge in [0.1, 0.15) is 0 Å². The Balaban J connectivity index is 1.77. The summed E-state index contributed by atoms with van der Waals surface area (Å²) >= 11 is 0. The molecule has 2 rings (SSSR count). The maximum Gasteiger partial charge on any atom is -0.0229 e. The third-order valence-corrected chi connectivity index (χ3v) is 4.29. The number of fused-ring (bicyclic) bond motifs is 1. The lowest BCUT2D eigenvalue weighted by molar-refractivity contribution is 0.326. The van der Waals surface area contributed by atoms with Crippen molar-refractivity contribution in [3.8, 4) is 0 Å². The molecule has 0 radical (unpaired) electrons. The fourth-order valence-electron chi connectivity index (χ4n) is 3.47. The SMILES string of the molecule is CCCC1C2C(CC(C)C)C12C. The highest BCUT2D eigenvalue weighted by atomic mass is 14.9. The van der Waals surface area contributed by atoms with E-state index in [9.17, 15) is 0 Å². The Labute approximate surface area is 76.7 Å². The first-order chi connectivity index (χ1) is 5.62. The fourth-order valence-corrected chi connectivity index (χ4v) is 3.47. The summed E-state index contributed by atoms with van der Waals surface area (Å²) in [5, 5.41) is 0. The van der Waals surface area contributed by atoms with E-state index in [2.05, 4.69) is 27.7 Å². The molecule has 0 amide bonds. The van der Waals surface area contributed by atoms with Crippen molar-refractivity contribution in [1.29, 1.82) is 0 Å². The summed E-state index contributed by atoms with van der Waals surface area (Å²) in [5.41, 5.74) is 0.834. The molecular weight excluding hydrogens is 144 g/mol. The van der Waals surface area contributed by atoms with E-state index in [1.54, 1.807) is 0 Å². The first-order valence-electron chi connectivity index (χ1n) is 5.62. The molecule has 4 unspecified atom stereocenters. The van der Waals surface area contributed by atoms with Gasteiger partial charge in [0.05, 0.1) is 0 Å². The standard InChI is InChI=1S/C12H22/c1-5-6-9-11-10(7-8(2)3)12(9,11)4/h8-11H,5-7H2,1-4H3. The maximum absolute atomic E-state index is 2.52. The van der Waals surface area contributed by atoms with Gasteiger partial charge in [-0.15, -0.1) is 0 Å². The summed E-state index contributed by atoms with van der Waals surface area (Å²) in [6, 6.07) is 0. The second-order valence-electron chi connectivity index (χ2n) is 5.52. The Kier molecular flexibility index (Phi) is 1.79. The molecule has 70 valence electrons. The van der Waals surface area contributed by atoms with E-state index in [1.165, 1.54) is 19.3 Å². The smallest absolute Gasteiger partial charge is 0.0229 e. The quantitative estimate of drug-likeness (QED) is 0.597. The van der Waals surface area contributed by atoms with E-state index in [0.717, 1.165) is 29.1 Å². The summed E-state index contributed by atoms with van der Waals surface area (Å²) in [6.07, 6.45) is 4.38. The summed E-state index contributed by atoms with van der Waals surface area (Å²) in [5.74, 6) is 4.32. The molecule has 0 aromatic rings. The molecule has 2 aliphatic carbocycles. The molecule has 4 atom stereocenters. The number of hydrogen-bond acceptors (Lipinski definition) is 0. The van der Waals surface area contributed by atoms with Crippen LogP contribution in [0.15, 0.2) is 0 Å². The molecule has 0 heterocycles. The van der Waals surface area contributed by atoms with Gasteiger partial charge >= 0.3 is 0 Å². The van der Waals surface area contributed by atoms with Crippen molar-refractivity contribution in [2.75, 3.05) is 0 Å². The van der Waals surface area contributed by atoms with Crippen LogP contribution in [-0.2, 0) is 0 Å². The van der Waals surface area contributed by atoms with Crippen LogP contribution in [0.2, 0.25) is 0 Å². The highest BCUT2D eigenvalue weighted by Crippen LogP contribution is 2.86. The van der Waals surface area contributed by atoms with E-state index in [4.69, 9.17) is 0 Å². The molecule has 0 bridgehead atoms. The van der Waals surface area contributed by atoms with Crippen molar-refractivity contribution >= 4 is 0 Å². The summed E-state index contributed by atoms with van der Waals surface area (Å²) in [4.78, 5) is 0. The summed E-state index contributed by atoms with van der Waals surface area (Å²) in [6.45, 7) is 9.55. The van der Waals surface area contributed by atoms with E-state index in [1.807, 2.05) is 0 Å². The summed E-state index contributed by atoms with van der Waals surface area (Å²) < 4.78 is 0. The molecule has 12 heavy (non-hydrogen) atoms. The molecule has 0 heteroatoms. The molecule has 0 N–H and O–H groups in total. The molecule has 0 nitrogen and oxygen atoms in total. The lowest BCUT2D eigenvalue weighted by Crippen LogP contribution is -2.09. The Hall–Kier alpha value is 0. The van der Waals surface area contributed by atoms with Crippen molar-refractivity contribution in [3.63, 3.8) is 0 Å². The fraction of sp³-hybridized carbons (Fsp3) is 1.00.